The van der Waals surface area contributed by atoms with Crippen LogP contribution in [0.3, 0.4) is 0 Å². The minimum absolute atomic E-state index is 0.112. The Balaban J connectivity index is 2.51. The van der Waals surface area contributed by atoms with Gasteiger partial charge in [-0.15, -0.1) is 11.3 Å². The molecule has 17 heavy (non-hydrogen) atoms. The van der Waals surface area contributed by atoms with Crippen molar-refractivity contribution >= 4 is 28.7 Å². The average molecular weight is 276 g/mol. The molecule has 3 nitrogen and oxygen atoms in total. The van der Waals surface area contributed by atoms with E-state index in [-0.39, 0.29) is 11.8 Å². The first kappa shape index (κ1) is 14.6. The van der Waals surface area contributed by atoms with Gasteiger partial charge < -0.3 is 4.74 Å². The summed E-state index contributed by atoms with van der Waals surface area (Å²) in [5, 5.41) is 0. The molecule has 1 rings (SSSR count). The molecule has 0 radical (unpaired) electrons. The van der Waals surface area contributed by atoms with Crippen molar-refractivity contribution in [3.8, 4) is 0 Å². The summed E-state index contributed by atoms with van der Waals surface area (Å²) in [6.07, 6.45) is 0. The summed E-state index contributed by atoms with van der Waals surface area (Å²) >= 11 is 7.15. The van der Waals surface area contributed by atoms with E-state index in [1.807, 2.05) is 25.8 Å². The molecule has 0 aliphatic heterocycles. The van der Waals surface area contributed by atoms with E-state index in [1.165, 1.54) is 11.3 Å². The molecule has 1 atom stereocenters. The van der Waals surface area contributed by atoms with Gasteiger partial charge in [0.2, 0.25) is 0 Å². The summed E-state index contributed by atoms with van der Waals surface area (Å²) in [4.78, 5) is 14.8. The third kappa shape index (κ3) is 4.39. The molecule has 0 spiro atoms. The number of ketones is 1. The number of carbonyl (C=O) groups is 1. The summed E-state index contributed by atoms with van der Waals surface area (Å²) in [5.74, 6) is 0.112. The van der Waals surface area contributed by atoms with Gasteiger partial charge in [-0.25, -0.2) is 0 Å². The van der Waals surface area contributed by atoms with Crippen LogP contribution in [0.5, 0.6) is 0 Å². The lowest BCUT2D eigenvalue weighted by atomic mass is 10.1. The first-order valence-electron chi connectivity index (χ1n) is 5.63. The Bertz CT molecular complexity index is 367. The second-order valence-corrected chi connectivity index (χ2v) is 5.54. The predicted molar refractivity (Wildman–Crippen MR) is 72.2 cm³/mol. The van der Waals surface area contributed by atoms with E-state index < -0.39 is 0 Å². The number of carbonyl (C=O) groups excluding carboxylic acids is 1. The molecule has 1 aromatic heterocycles. The molecule has 0 saturated heterocycles. The number of halogens is 1. The van der Waals surface area contributed by atoms with Gasteiger partial charge in [0.05, 0.1) is 21.9 Å². The lowest BCUT2D eigenvalue weighted by Crippen LogP contribution is -2.37. The monoisotopic (exact) mass is 275 g/mol. The van der Waals surface area contributed by atoms with Gasteiger partial charge >= 0.3 is 0 Å². The summed E-state index contributed by atoms with van der Waals surface area (Å²) in [7, 11) is 1.93. The highest BCUT2D eigenvalue weighted by atomic mass is 35.5. The van der Waals surface area contributed by atoms with Gasteiger partial charge in [-0.3, -0.25) is 9.69 Å². The van der Waals surface area contributed by atoms with Gasteiger partial charge in [0, 0.05) is 13.2 Å². The third-order valence-corrected chi connectivity index (χ3v) is 3.89. The standard InChI is InChI=1S/C12H18ClNO2S/c1-4-16-8-7-14(3)9(2)12(15)10-5-6-11(13)17-10/h5-6,9H,4,7-8H2,1-3H3. The van der Waals surface area contributed by atoms with Gasteiger partial charge in [-0.05, 0) is 33.0 Å². The maximum atomic E-state index is 12.1. The number of hydrogen-bond donors (Lipinski definition) is 0. The van der Waals surface area contributed by atoms with Crippen molar-refractivity contribution in [2.45, 2.75) is 19.9 Å². The van der Waals surface area contributed by atoms with Crippen molar-refractivity contribution in [2.75, 3.05) is 26.8 Å². The zero-order valence-electron chi connectivity index (χ0n) is 10.4. The smallest absolute Gasteiger partial charge is 0.189 e. The van der Waals surface area contributed by atoms with Crippen LogP contribution >= 0.6 is 22.9 Å². The average Bonchev–Trinajstić information content (AvgIpc) is 2.74. The summed E-state index contributed by atoms with van der Waals surface area (Å²) in [5.41, 5.74) is 0. The second kappa shape index (κ2) is 7.11. The number of hydrogen-bond acceptors (Lipinski definition) is 4. The Morgan fingerprint density at radius 2 is 2.29 bits per heavy atom. The van der Waals surface area contributed by atoms with Crippen LogP contribution in [0.25, 0.3) is 0 Å². The quantitative estimate of drug-likeness (QED) is 0.566. The van der Waals surface area contributed by atoms with E-state index in [0.29, 0.717) is 22.4 Å². The lowest BCUT2D eigenvalue weighted by molar-refractivity contribution is 0.0792. The summed E-state index contributed by atoms with van der Waals surface area (Å²) < 4.78 is 5.92. The Labute approximate surface area is 111 Å². The molecule has 0 bridgehead atoms. The maximum Gasteiger partial charge on any atom is 0.189 e. The van der Waals surface area contributed by atoms with E-state index in [1.54, 1.807) is 12.1 Å². The van der Waals surface area contributed by atoms with E-state index in [4.69, 9.17) is 16.3 Å². The van der Waals surface area contributed by atoms with E-state index in [9.17, 15) is 4.79 Å². The van der Waals surface area contributed by atoms with Crippen molar-refractivity contribution in [1.82, 2.24) is 4.90 Å². The first-order valence-corrected chi connectivity index (χ1v) is 6.83. The number of rotatable bonds is 7. The molecular weight excluding hydrogens is 258 g/mol. The van der Waals surface area contributed by atoms with Crippen molar-refractivity contribution in [2.24, 2.45) is 0 Å². The molecule has 0 saturated carbocycles. The Morgan fingerprint density at radius 1 is 1.59 bits per heavy atom. The van der Waals surface area contributed by atoms with Crippen LogP contribution in [0.4, 0.5) is 0 Å². The van der Waals surface area contributed by atoms with Gasteiger partial charge in [-0.2, -0.15) is 0 Å². The highest BCUT2D eigenvalue weighted by Crippen LogP contribution is 2.23. The fourth-order valence-electron chi connectivity index (χ4n) is 1.40. The second-order valence-electron chi connectivity index (χ2n) is 3.82. The topological polar surface area (TPSA) is 29.5 Å². The van der Waals surface area contributed by atoms with Crippen molar-refractivity contribution in [3.05, 3.63) is 21.3 Å². The Hall–Kier alpha value is -0.420. The molecule has 0 amide bonds. The molecule has 1 unspecified atom stereocenters. The van der Waals surface area contributed by atoms with Crippen LogP contribution in [0, 0.1) is 0 Å². The number of ether oxygens (including phenoxy) is 1. The minimum atomic E-state index is -0.148. The first-order chi connectivity index (χ1) is 8.06. The lowest BCUT2D eigenvalue weighted by Gasteiger charge is -2.22. The molecule has 0 aliphatic rings. The van der Waals surface area contributed by atoms with Crippen LogP contribution in [0.2, 0.25) is 4.34 Å². The number of likely N-dealkylation sites (N-methyl/N-ethyl adjacent to an activating group) is 1. The predicted octanol–water partition coefficient (Wildman–Crippen LogP) is 2.94. The summed E-state index contributed by atoms with van der Waals surface area (Å²) in [6.45, 7) is 5.97. The molecule has 0 aromatic carbocycles. The largest absolute Gasteiger partial charge is 0.380 e. The van der Waals surface area contributed by atoms with Gasteiger partial charge in [0.25, 0.3) is 0 Å². The van der Waals surface area contributed by atoms with Gasteiger partial charge in [0.15, 0.2) is 5.78 Å². The van der Waals surface area contributed by atoms with Crippen LogP contribution < -0.4 is 0 Å². The molecule has 0 aliphatic carbocycles. The molecular formula is C12H18ClNO2S. The van der Waals surface area contributed by atoms with Gasteiger partial charge in [0.1, 0.15) is 0 Å². The summed E-state index contributed by atoms with van der Waals surface area (Å²) in [6, 6.07) is 3.39. The fraction of sp³-hybridized carbons (Fsp3) is 0.583. The van der Waals surface area contributed by atoms with E-state index >= 15 is 0 Å². The maximum absolute atomic E-state index is 12.1. The number of Topliss-reactive ketones (excluding diaryl/α,β-unsaturated/α-hetero) is 1. The third-order valence-electron chi connectivity index (χ3n) is 2.65. The van der Waals surface area contributed by atoms with Crippen LogP contribution in [0.1, 0.15) is 23.5 Å². The molecule has 96 valence electrons. The van der Waals surface area contributed by atoms with Crippen molar-refractivity contribution in [3.63, 3.8) is 0 Å². The molecule has 1 aromatic rings. The molecule has 1 heterocycles. The highest BCUT2D eigenvalue weighted by molar-refractivity contribution is 7.18. The SMILES string of the molecule is CCOCCN(C)C(C)C(=O)c1ccc(Cl)s1. The number of thiophene rings is 1. The van der Waals surface area contributed by atoms with Crippen molar-refractivity contribution < 1.29 is 9.53 Å². The van der Waals surface area contributed by atoms with Crippen LogP contribution in [0.15, 0.2) is 12.1 Å². The minimum Gasteiger partial charge on any atom is -0.380 e. The van der Waals surface area contributed by atoms with Crippen molar-refractivity contribution in [1.29, 1.82) is 0 Å². The molecule has 5 heteroatoms. The Kier molecular flexibility index (Phi) is 6.12. The van der Waals surface area contributed by atoms with E-state index in [2.05, 4.69) is 0 Å². The molecule has 0 N–H and O–H groups in total. The number of nitrogens with zero attached hydrogens (tertiary/aromatic N) is 1. The van der Waals surface area contributed by atoms with Crippen LogP contribution in [-0.2, 0) is 4.74 Å². The van der Waals surface area contributed by atoms with Gasteiger partial charge in [-0.1, -0.05) is 11.6 Å². The normalized spacial score (nSPS) is 13.0. The highest BCUT2D eigenvalue weighted by Gasteiger charge is 2.20. The molecule has 0 fully saturated rings. The van der Waals surface area contributed by atoms with E-state index in [0.717, 1.165) is 6.54 Å². The Morgan fingerprint density at radius 3 is 2.82 bits per heavy atom. The zero-order valence-corrected chi connectivity index (χ0v) is 12.0. The zero-order chi connectivity index (χ0) is 12.8. The fourth-order valence-corrected chi connectivity index (χ4v) is 2.47. The van der Waals surface area contributed by atoms with Crippen LogP contribution in [-0.4, -0.2) is 43.5 Å².